The molecule has 0 saturated carbocycles. The molecular weight excluding hydrogens is 428 g/mol. The maximum Gasteiger partial charge on any atom is 0.337 e. The summed E-state index contributed by atoms with van der Waals surface area (Å²) in [6.45, 7) is 4.85. The summed E-state index contributed by atoms with van der Waals surface area (Å²) in [5.74, 6) is -2.40. The van der Waals surface area contributed by atoms with E-state index in [1.54, 1.807) is 48.8 Å². The number of aliphatic hydroxyl groups is 1. The number of fused-ring (bicyclic) bond motifs is 1. The number of carboxylic acids is 1. The molecule has 1 fully saturated rings. The lowest BCUT2D eigenvalue weighted by atomic mass is 10.0. The number of aliphatic hydroxyl groups excluding tert-OH is 1. The third kappa shape index (κ3) is 3.92. The van der Waals surface area contributed by atoms with Gasteiger partial charge in [0.2, 0.25) is 5.91 Å². The van der Waals surface area contributed by atoms with Gasteiger partial charge in [-0.15, -0.1) is 0 Å². The van der Waals surface area contributed by atoms with Crippen molar-refractivity contribution in [1.82, 2.24) is 9.47 Å². The number of amides is 2. The number of hydrogen-bond donors (Lipinski definition) is 4. The van der Waals surface area contributed by atoms with Crippen LogP contribution in [-0.4, -0.2) is 69.9 Å². The van der Waals surface area contributed by atoms with Gasteiger partial charge in [-0.05, 0) is 31.6 Å². The van der Waals surface area contributed by atoms with Crippen LogP contribution in [0.1, 0.15) is 39.0 Å². The van der Waals surface area contributed by atoms with Crippen LogP contribution >= 0.6 is 0 Å². The molecule has 2 aromatic rings. The van der Waals surface area contributed by atoms with Crippen molar-refractivity contribution < 1.29 is 29.3 Å². The van der Waals surface area contributed by atoms with Crippen LogP contribution in [0.15, 0.2) is 24.3 Å². The molecule has 10 nitrogen and oxygen atoms in total. The molecule has 174 valence electrons. The topological polar surface area (TPSA) is 147 Å². The highest BCUT2D eigenvalue weighted by Crippen LogP contribution is 2.37. The first-order valence-electron chi connectivity index (χ1n) is 10.6. The molecule has 0 spiro atoms. The van der Waals surface area contributed by atoms with Crippen molar-refractivity contribution >= 4 is 35.1 Å². The largest absolute Gasteiger partial charge is 0.478 e. The summed E-state index contributed by atoms with van der Waals surface area (Å²) in [6.07, 6.45) is -0.973. The molecule has 0 bridgehead atoms. The standard InChI is InChI=1S/C23H26N4O6/c1-12-17(11-15-14-5-3-4-6-16(14)25-21(15)30)27(13(2)18(12)23(31)32)22(19(28)20(24)29)26-7-9-33-10-8-26/h3-6,11,19,22,28H,7-10H2,1-2H3,(H2,24,29)(H,25,30)(H,31,32). The smallest absolute Gasteiger partial charge is 0.337 e. The first-order chi connectivity index (χ1) is 15.7. The van der Waals surface area contributed by atoms with Crippen molar-refractivity contribution in [2.45, 2.75) is 26.1 Å². The van der Waals surface area contributed by atoms with E-state index in [9.17, 15) is 24.6 Å². The van der Waals surface area contributed by atoms with Crippen LogP contribution < -0.4 is 11.1 Å². The van der Waals surface area contributed by atoms with E-state index >= 15 is 0 Å². The second kappa shape index (κ2) is 8.81. The second-order valence-electron chi connectivity index (χ2n) is 8.11. The lowest BCUT2D eigenvalue weighted by molar-refractivity contribution is -0.134. The van der Waals surface area contributed by atoms with Crippen LogP contribution in [0.3, 0.4) is 0 Å². The van der Waals surface area contributed by atoms with Crippen LogP contribution in [0, 0.1) is 13.8 Å². The van der Waals surface area contributed by atoms with Crippen LogP contribution in [-0.2, 0) is 14.3 Å². The molecule has 0 radical (unpaired) electrons. The molecule has 2 unspecified atom stereocenters. The monoisotopic (exact) mass is 454 g/mol. The van der Waals surface area contributed by atoms with E-state index in [-0.39, 0.29) is 11.5 Å². The second-order valence-corrected chi connectivity index (χ2v) is 8.11. The molecule has 10 heteroatoms. The fourth-order valence-electron chi connectivity index (χ4n) is 4.63. The van der Waals surface area contributed by atoms with E-state index in [0.717, 1.165) is 0 Å². The Balaban J connectivity index is 1.96. The van der Waals surface area contributed by atoms with Crippen LogP contribution in [0.4, 0.5) is 5.69 Å². The molecule has 3 heterocycles. The molecule has 2 amide bonds. The number of nitrogens with one attached hydrogen (secondary N) is 1. The molecule has 1 aromatic carbocycles. The van der Waals surface area contributed by atoms with Crippen molar-refractivity contribution in [3.63, 3.8) is 0 Å². The Kier molecular flexibility index (Phi) is 6.07. The van der Waals surface area contributed by atoms with Gasteiger partial charge in [0.05, 0.1) is 24.4 Å². The predicted octanol–water partition coefficient (Wildman–Crippen LogP) is 0.973. The van der Waals surface area contributed by atoms with Gasteiger partial charge in [-0.3, -0.25) is 14.5 Å². The Morgan fingerprint density at radius 3 is 2.52 bits per heavy atom. The molecule has 1 saturated heterocycles. The van der Waals surface area contributed by atoms with Gasteiger partial charge in [0.15, 0.2) is 6.10 Å². The molecule has 2 aliphatic rings. The van der Waals surface area contributed by atoms with Crippen molar-refractivity contribution in [3.05, 3.63) is 52.3 Å². The normalized spacial score (nSPS) is 19.2. The fraction of sp³-hybridized carbons (Fsp3) is 0.348. The number of ether oxygens (including phenoxy) is 1. The number of carbonyl (C=O) groups excluding carboxylic acids is 2. The SMILES string of the molecule is Cc1c(C(=O)O)c(C)n(C(C(O)C(N)=O)N2CCOCC2)c1C=C1C(=O)Nc2ccccc21. The third-order valence-corrected chi connectivity index (χ3v) is 6.21. The number of morpholine rings is 1. The number of nitrogens with zero attached hydrogens (tertiary/aromatic N) is 2. The van der Waals surface area contributed by atoms with E-state index < -0.39 is 24.1 Å². The van der Waals surface area contributed by atoms with Crippen LogP contribution in [0.25, 0.3) is 11.6 Å². The minimum Gasteiger partial charge on any atom is -0.478 e. The molecule has 33 heavy (non-hydrogen) atoms. The average molecular weight is 454 g/mol. The van der Waals surface area contributed by atoms with Crippen molar-refractivity contribution in [3.8, 4) is 0 Å². The quantitative estimate of drug-likeness (QED) is 0.476. The Morgan fingerprint density at radius 2 is 1.88 bits per heavy atom. The zero-order chi connectivity index (χ0) is 23.9. The molecular formula is C23H26N4O6. The number of nitrogens with two attached hydrogens (primary N) is 1. The van der Waals surface area contributed by atoms with E-state index in [1.807, 2.05) is 4.90 Å². The molecule has 4 rings (SSSR count). The number of rotatable bonds is 6. The summed E-state index contributed by atoms with van der Waals surface area (Å²) in [6, 6.07) is 7.19. The summed E-state index contributed by atoms with van der Waals surface area (Å²) in [5, 5.41) is 23.5. The number of carbonyl (C=O) groups is 3. The molecule has 5 N–H and O–H groups in total. The Morgan fingerprint density at radius 1 is 1.21 bits per heavy atom. The average Bonchev–Trinajstić information content (AvgIpc) is 3.22. The van der Waals surface area contributed by atoms with Gasteiger partial charge in [-0.25, -0.2) is 4.79 Å². The zero-order valence-electron chi connectivity index (χ0n) is 18.4. The fourth-order valence-corrected chi connectivity index (χ4v) is 4.63. The number of aromatic carboxylic acids is 1. The Bertz CT molecular complexity index is 1160. The predicted molar refractivity (Wildman–Crippen MR) is 120 cm³/mol. The highest BCUT2D eigenvalue weighted by molar-refractivity contribution is 6.34. The first kappa shape index (κ1) is 22.7. The number of hydrogen-bond acceptors (Lipinski definition) is 6. The number of aromatic nitrogens is 1. The van der Waals surface area contributed by atoms with Crippen molar-refractivity contribution in [1.29, 1.82) is 0 Å². The number of primary amides is 1. The third-order valence-electron chi connectivity index (χ3n) is 6.21. The summed E-state index contributed by atoms with van der Waals surface area (Å²) in [7, 11) is 0. The first-order valence-corrected chi connectivity index (χ1v) is 10.6. The van der Waals surface area contributed by atoms with E-state index in [2.05, 4.69) is 5.32 Å². The number of para-hydroxylation sites is 1. The van der Waals surface area contributed by atoms with Crippen LogP contribution in [0.5, 0.6) is 0 Å². The maximum absolute atomic E-state index is 12.7. The highest BCUT2D eigenvalue weighted by Gasteiger charge is 2.37. The molecule has 2 atom stereocenters. The van der Waals surface area contributed by atoms with Crippen molar-refractivity contribution in [2.24, 2.45) is 5.73 Å². The van der Waals surface area contributed by atoms with Gasteiger partial charge in [0.25, 0.3) is 5.91 Å². The number of carboxylic acid groups (broad SMARTS) is 1. The minimum atomic E-state index is -1.61. The van der Waals surface area contributed by atoms with Gasteiger partial charge in [0, 0.05) is 35.7 Å². The van der Waals surface area contributed by atoms with Crippen molar-refractivity contribution in [2.75, 3.05) is 31.6 Å². The van der Waals surface area contributed by atoms with E-state index in [4.69, 9.17) is 10.5 Å². The molecule has 0 aliphatic carbocycles. The summed E-state index contributed by atoms with van der Waals surface area (Å²) in [5.41, 5.74) is 8.39. The van der Waals surface area contributed by atoms with Gasteiger partial charge < -0.3 is 30.6 Å². The molecule has 1 aromatic heterocycles. The van der Waals surface area contributed by atoms with Gasteiger partial charge in [0.1, 0.15) is 6.17 Å². The Labute approximate surface area is 190 Å². The lowest BCUT2D eigenvalue weighted by Crippen LogP contribution is -2.50. The summed E-state index contributed by atoms with van der Waals surface area (Å²) in [4.78, 5) is 38.8. The van der Waals surface area contributed by atoms with Gasteiger partial charge in [-0.2, -0.15) is 0 Å². The zero-order valence-corrected chi connectivity index (χ0v) is 18.4. The molecule has 2 aliphatic heterocycles. The number of benzene rings is 1. The lowest BCUT2D eigenvalue weighted by Gasteiger charge is -2.38. The van der Waals surface area contributed by atoms with Gasteiger partial charge in [-0.1, -0.05) is 18.2 Å². The van der Waals surface area contributed by atoms with E-state index in [0.29, 0.717) is 60.1 Å². The Hall–Kier alpha value is -3.47. The minimum absolute atomic E-state index is 0.0449. The highest BCUT2D eigenvalue weighted by atomic mass is 16.5. The summed E-state index contributed by atoms with van der Waals surface area (Å²) >= 11 is 0. The summed E-state index contributed by atoms with van der Waals surface area (Å²) < 4.78 is 7.00. The van der Waals surface area contributed by atoms with E-state index in [1.165, 1.54) is 0 Å². The van der Waals surface area contributed by atoms with Crippen LogP contribution in [0.2, 0.25) is 0 Å². The maximum atomic E-state index is 12.7. The number of anilines is 1. The van der Waals surface area contributed by atoms with Gasteiger partial charge >= 0.3 is 5.97 Å².